The van der Waals surface area contributed by atoms with Crippen LogP contribution in [0.25, 0.3) is 10.9 Å². The van der Waals surface area contributed by atoms with Crippen LogP contribution in [-0.2, 0) is 4.74 Å². The van der Waals surface area contributed by atoms with E-state index < -0.39 is 6.10 Å². The fraction of sp³-hybridized carbons (Fsp3) is 0.440. The van der Waals surface area contributed by atoms with Crippen LogP contribution in [0.15, 0.2) is 42.6 Å². The fourth-order valence-electron chi connectivity index (χ4n) is 4.62. The number of rotatable bonds is 5. The van der Waals surface area contributed by atoms with Crippen LogP contribution in [0, 0.1) is 11.7 Å². The third kappa shape index (κ3) is 4.93. The Kier molecular flexibility index (Phi) is 6.39. The normalized spacial score (nSPS) is 19.1. The van der Waals surface area contributed by atoms with Gasteiger partial charge in [0.25, 0.3) is 0 Å². The molecule has 3 aromatic rings. The lowest BCUT2D eigenvalue weighted by atomic mass is 9.89. The van der Waals surface area contributed by atoms with Crippen molar-refractivity contribution in [2.24, 2.45) is 5.92 Å². The van der Waals surface area contributed by atoms with E-state index in [0.717, 1.165) is 55.6 Å². The molecule has 0 amide bonds. The molecular formula is C25H30FN5O2. The Hall–Kier alpha value is -2.81. The number of nitrogens with one attached hydrogen (secondary N) is 1. The van der Waals surface area contributed by atoms with Crippen LogP contribution in [0.1, 0.15) is 24.6 Å². The van der Waals surface area contributed by atoms with Crippen molar-refractivity contribution in [2.75, 3.05) is 56.7 Å². The van der Waals surface area contributed by atoms with Crippen LogP contribution in [0.4, 0.5) is 21.6 Å². The third-order valence-corrected chi connectivity index (χ3v) is 6.70. The standard InChI is InChI=1S/C25H30FN5O2/c1-30-8-6-17(7-9-30)25(32)21-5-2-18-16-27-24(15-22(18)28-21)29-23-14-19(3-4-20(23)26)31-10-12-33-13-11-31/h2-5,14-17,25,32H,6-13H2,1H3,(H,27,29). The first-order valence-corrected chi connectivity index (χ1v) is 11.6. The number of aliphatic hydroxyl groups excluding tert-OH is 1. The Labute approximate surface area is 193 Å². The molecule has 5 rings (SSSR count). The molecular weight excluding hydrogens is 421 g/mol. The summed E-state index contributed by atoms with van der Waals surface area (Å²) in [6.07, 6.45) is 3.05. The minimum absolute atomic E-state index is 0.211. The van der Waals surface area contributed by atoms with Gasteiger partial charge in [0.2, 0.25) is 0 Å². The average molecular weight is 452 g/mol. The van der Waals surface area contributed by atoms with E-state index >= 15 is 0 Å². The highest BCUT2D eigenvalue weighted by Crippen LogP contribution is 2.31. The number of halogens is 1. The van der Waals surface area contributed by atoms with E-state index in [-0.39, 0.29) is 11.7 Å². The first kappa shape index (κ1) is 22.0. The van der Waals surface area contributed by atoms with E-state index in [9.17, 15) is 9.50 Å². The van der Waals surface area contributed by atoms with Crippen molar-refractivity contribution in [3.8, 4) is 0 Å². The second-order valence-electron chi connectivity index (χ2n) is 8.97. The van der Waals surface area contributed by atoms with Crippen molar-refractivity contribution in [1.29, 1.82) is 0 Å². The van der Waals surface area contributed by atoms with Crippen molar-refractivity contribution < 1.29 is 14.2 Å². The maximum Gasteiger partial charge on any atom is 0.146 e. The van der Waals surface area contributed by atoms with Gasteiger partial charge in [0, 0.05) is 36.4 Å². The number of piperidine rings is 1. The molecule has 2 aliphatic rings. The number of aliphatic hydroxyl groups is 1. The van der Waals surface area contributed by atoms with Crippen molar-refractivity contribution in [2.45, 2.75) is 18.9 Å². The molecule has 2 saturated heterocycles. The Bertz CT molecular complexity index is 1110. The number of morpholine rings is 1. The maximum atomic E-state index is 14.6. The van der Waals surface area contributed by atoms with E-state index in [1.165, 1.54) is 6.07 Å². The van der Waals surface area contributed by atoms with Gasteiger partial charge in [-0.2, -0.15) is 0 Å². The zero-order chi connectivity index (χ0) is 22.8. The third-order valence-electron chi connectivity index (χ3n) is 6.70. The van der Waals surface area contributed by atoms with Gasteiger partial charge in [-0.3, -0.25) is 0 Å². The summed E-state index contributed by atoms with van der Waals surface area (Å²) in [7, 11) is 2.11. The van der Waals surface area contributed by atoms with Crippen LogP contribution in [0.3, 0.4) is 0 Å². The van der Waals surface area contributed by atoms with Gasteiger partial charge >= 0.3 is 0 Å². The predicted molar refractivity (Wildman–Crippen MR) is 127 cm³/mol. The first-order chi connectivity index (χ1) is 16.1. The summed E-state index contributed by atoms with van der Waals surface area (Å²) in [5, 5.41) is 14.9. The molecule has 33 heavy (non-hydrogen) atoms. The average Bonchev–Trinajstić information content (AvgIpc) is 2.85. The van der Waals surface area contributed by atoms with Crippen LogP contribution in [0.2, 0.25) is 0 Å². The quantitative estimate of drug-likeness (QED) is 0.612. The largest absolute Gasteiger partial charge is 0.387 e. The van der Waals surface area contributed by atoms with E-state index in [0.29, 0.717) is 30.4 Å². The number of pyridine rings is 2. The number of aromatic nitrogens is 2. The molecule has 1 aromatic carbocycles. The Morgan fingerprint density at radius 1 is 1.09 bits per heavy atom. The molecule has 7 nitrogen and oxygen atoms in total. The topological polar surface area (TPSA) is 73.8 Å². The molecule has 2 fully saturated rings. The van der Waals surface area contributed by atoms with E-state index in [2.05, 4.69) is 27.1 Å². The molecule has 0 radical (unpaired) electrons. The summed E-state index contributed by atoms with van der Waals surface area (Å²) in [6.45, 7) is 4.88. The molecule has 0 bridgehead atoms. The molecule has 1 unspecified atom stereocenters. The lowest BCUT2D eigenvalue weighted by Gasteiger charge is -2.31. The lowest BCUT2D eigenvalue weighted by molar-refractivity contribution is 0.0629. The van der Waals surface area contributed by atoms with Gasteiger partial charge in [-0.15, -0.1) is 0 Å². The highest BCUT2D eigenvalue weighted by Gasteiger charge is 2.26. The minimum Gasteiger partial charge on any atom is -0.387 e. The van der Waals surface area contributed by atoms with Crippen LogP contribution in [0.5, 0.6) is 0 Å². The van der Waals surface area contributed by atoms with Gasteiger partial charge < -0.3 is 25.0 Å². The number of ether oxygens (including phenoxy) is 1. The number of hydrogen-bond acceptors (Lipinski definition) is 7. The summed E-state index contributed by atoms with van der Waals surface area (Å²) >= 11 is 0. The SMILES string of the molecule is CN1CCC(C(O)c2ccc3cnc(Nc4cc(N5CCOCC5)ccc4F)cc3n2)CC1. The van der Waals surface area contributed by atoms with Gasteiger partial charge in [0.1, 0.15) is 11.6 Å². The summed E-state index contributed by atoms with van der Waals surface area (Å²) in [4.78, 5) is 13.6. The van der Waals surface area contributed by atoms with Crippen LogP contribution >= 0.6 is 0 Å². The Morgan fingerprint density at radius 3 is 2.67 bits per heavy atom. The summed E-state index contributed by atoms with van der Waals surface area (Å²) < 4.78 is 20.0. The monoisotopic (exact) mass is 451 g/mol. The molecule has 2 aliphatic heterocycles. The fourth-order valence-corrected chi connectivity index (χ4v) is 4.62. The highest BCUT2D eigenvalue weighted by atomic mass is 19.1. The molecule has 0 spiro atoms. The lowest BCUT2D eigenvalue weighted by Crippen LogP contribution is -2.36. The summed E-state index contributed by atoms with van der Waals surface area (Å²) in [5.41, 5.74) is 2.72. The number of hydrogen-bond donors (Lipinski definition) is 2. The van der Waals surface area contributed by atoms with Crippen LogP contribution in [-0.4, -0.2) is 66.4 Å². The number of anilines is 3. The van der Waals surface area contributed by atoms with Crippen molar-refractivity contribution in [3.05, 3.63) is 54.1 Å². The van der Waals surface area contributed by atoms with Gasteiger partial charge in [0.15, 0.2) is 0 Å². The summed E-state index contributed by atoms with van der Waals surface area (Å²) in [5.74, 6) is 0.384. The van der Waals surface area contributed by atoms with E-state index in [4.69, 9.17) is 9.72 Å². The van der Waals surface area contributed by atoms with Crippen molar-refractivity contribution in [3.63, 3.8) is 0 Å². The maximum absolute atomic E-state index is 14.6. The molecule has 2 N–H and O–H groups in total. The zero-order valence-electron chi connectivity index (χ0n) is 18.9. The Morgan fingerprint density at radius 2 is 1.88 bits per heavy atom. The number of fused-ring (bicyclic) bond motifs is 1. The van der Waals surface area contributed by atoms with Crippen molar-refractivity contribution >= 4 is 28.1 Å². The zero-order valence-corrected chi connectivity index (χ0v) is 18.9. The molecule has 8 heteroatoms. The molecule has 1 atom stereocenters. The molecule has 0 aliphatic carbocycles. The second-order valence-corrected chi connectivity index (χ2v) is 8.97. The molecule has 0 saturated carbocycles. The number of nitrogens with zero attached hydrogens (tertiary/aromatic N) is 4. The van der Waals surface area contributed by atoms with Gasteiger partial charge in [-0.25, -0.2) is 14.4 Å². The highest BCUT2D eigenvalue weighted by molar-refractivity contribution is 5.81. The number of benzene rings is 1. The summed E-state index contributed by atoms with van der Waals surface area (Å²) in [6, 6.07) is 10.7. The van der Waals surface area contributed by atoms with E-state index in [1.807, 2.05) is 12.1 Å². The first-order valence-electron chi connectivity index (χ1n) is 11.6. The minimum atomic E-state index is -0.588. The molecule has 4 heterocycles. The Balaban J connectivity index is 1.37. The number of likely N-dealkylation sites (tertiary alicyclic amines) is 1. The van der Waals surface area contributed by atoms with Gasteiger partial charge in [-0.05, 0) is 69.2 Å². The second kappa shape index (κ2) is 9.59. The van der Waals surface area contributed by atoms with Crippen molar-refractivity contribution in [1.82, 2.24) is 14.9 Å². The van der Waals surface area contributed by atoms with E-state index in [1.54, 1.807) is 24.4 Å². The molecule has 2 aromatic heterocycles. The van der Waals surface area contributed by atoms with Gasteiger partial charge in [-0.1, -0.05) is 0 Å². The van der Waals surface area contributed by atoms with Gasteiger partial charge in [0.05, 0.1) is 36.2 Å². The van der Waals surface area contributed by atoms with Crippen LogP contribution < -0.4 is 10.2 Å². The molecule has 174 valence electrons. The smallest absolute Gasteiger partial charge is 0.146 e. The predicted octanol–water partition coefficient (Wildman–Crippen LogP) is 3.72.